The lowest BCUT2D eigenvalue weighted by Gasteiger charge is -2.19. The van der Waals surface area contributed by atoms with E-state index in [1.165, 1.54) is 7.11 Å². The molecule has 7 heteroatoms. The molecule has 0 aliphatic rings. The molecule has 1 atom stereocenters. The molecule has 19 heavy (non-hydrogen) atoms. The molecule has 1 rings (SSSR count). The third-order valence-electron chi connectivity index (χ3n) is 2.43. The van der Waals surface area contributed by atoms with Crippen LogP contribution in [0.3, 0.4) is 0 Å². The summed E-state index contributed by atoms with van der Waals surface area (Å²) >= 11 is 0. The van der Waals surface area contributed by atoms with Gasteiger partial charge in [0, 0.05) is 27.7 Å². The maximum atomic E-state index is 11.8. The van der Waals surface area contributed by atoms with Crippen LogP contribution in [0.1, 0.15) is 0 Å². The van der Waals surface area contributed by atoms with Gasteiger partial charge in [-0.05, 0) is 12.1 Å². The Morgan fingerprint density at radius 3 is 2.42 bits per heavy atom. The molecular weight excluding hydrogens is 289 g/mol. The van der Waals surface area contributed by atoms with Gasteiger partial charge < -0.3 is 20.7 Å². The lowest BCUT2D eigenvalue weighted by molar-refractivity contribution is -0.125. The summed E-state index contributed by atoms with van der Waals surface area (Å²) in [4.78, 5) is 13.7. The highest BCUT2D eigenvalue weighted by Gasteiger charge is 2.17. The second kappa shape index (κ2) is 9.86. The fourth-order valence-corrected chi connectivity index (χ4v) is 1.49. The SMILES string of the molecule is COC(CN)C(=O)Nc1ccccc1N(C)C.Cl.Cl. The van der Waals surface area contributed by atoms with Crippen LogP contribution in [-0.4, -0.2) is 39.8 Å². The Bertz CT molecular complexity index is 385. The molecule has 1 unspecified atom stereocenters. The number of nitrogens with one attached hydrogen (secondary N) is 1. The van der Waals surface area contributed by atoms with Gasteiger partial charge in [-0.1, -0.05) is 12.1 Å². The van der Waals surface area contributed by atoms with Crippen molar-refractivity contribution in [2.45, 2.75) is 6.10 Å². The smallest absolute Gasteiger partial charge is 0.254 e. The quantitative estimate of drug-likeness (QED) is 0.865. The van der Waals surface area contributed by atoms with Crippen molar-refractivity contribution in [2.24, 2.45) is 5.73 Å². The molecule has 0 radical (unpaired) electrons. The first kappa shape index (κ1) is 20.3. The third-order valence-corrected chi connectivity index (χ3v) is 2.43. The third kappa shape index (κ3) is 5.65. The highest BCUT2D eigenvalue weighted by molar-refractivity contribution is 5.97. The van der Waals surface area contributed by atoms with Crippen LogP contribution in [0.5, 0.6) is 0 Å². The Balaban J connectivity index is 0. The van der Waals surface area contributed by atoms with Gasteiger partial charge in [0.25, 0.3) is 5.91 Å². The van der Waals surface area contributed by atoms with Crippen molar-refractivity contribution < 1.29 is 9.53 Å². The fraction of sp³-hybridized carbons (Fsp3) is 0.417. The first-order chi connectivity index (χ1) is 8.10. The van der Waals surface area contributed by atoms with Crippen LogP contribution in [0, 0.1) is 0 Å². The number of rotatable bonds is 5. The van der Waals surface area contributed by atoms with Gasteiger partial charge in [0.1, 0.15) is 6.10 Å². The van der Waals surface area contributed by atoms with Gasteiger partial charge in [-0.2, -0.15) is 0 Å². The van der Waals surface area contributed by atoms with E-state index in [1.54, 1.807) is 0 Å². The van der Waals surface area contributed by atoms with Gasteiger partial charge in [-0.3, -0.25) is 4.79 Å². The number of anilines is 2. The van der Waals surface area contributed by atoms with Gasteiger partial charge in [0.15, 0.2) is 0 Å². The van der Waals surface area contributed by atoms with E-state index in [4.69, 9.17) is 10.5 Å². The molecule has 0 aliphatic heterocycles. The molecule has 0 saturated carbocycles. The van der Waals surface area contributed by atoms with Crippen molar-refractivity contribution in [3.05, 3.63) is 24.3 Å². The van der Waals surface area contributed by atoms with Crippen LogP contribution in [-0.2, 0) is 9.53 Å². The summed E-state index contributed by atoms with van der Waals surface area (Å²) in [5.41, 5.74) is 7.13. The predicted molar refractivity (Wildman–Crippen MR) is 83.7 cm³/mol. The first-order valence-corrected chi connectivity index (χ1v) is 5.40. The van der Waals surface area contributed by atoms with E-state index in [9.17, 15) is 4.79 Å². The van der Waals surface area contributed by atoms with Crippen molar-refractivity contribution in [1.82, 2.24) is 0 Å². The van der Waals surface area contributed by atoms with Gasteiger partial charge in [-0.25, -0.2) is 0 Å². The van der Waals surface area contributed by atoms with Crippen LogP contribution in [0.25, 0.3) is 0 Å². The van der Waals surface area contributed by atoms with Crippen molar-refractivity contribution in [2.75, 3.05) is 38.0 Å². The summed E-state index contributed by atoms with van der Waals surface area (Å²) in [5, 5.41) is 2.81. The molecule has 0 spiro atoms. The molecule has 1 amide bonds. The Hall–Kier alpha value is -1.01. The van der Waals surface area contributed by atoms with E-state index in [0.717, 1.165) is 11.4 Å². The molecule has 0 aromatic heterocycles. The number of hydrogen-bond donors (Lipinski definition) is 2. The maximum Gasteiger partial charge on any atom is 0.254 e. The van der Waals surface area contributed by atoms with Crippen LogP contribution < -0.4 is 16.0 Å². The monoisotopic (exact) mass is 309 g/mol. The van der Waals surface area contributed by atoms with E-state index in [2.05, 4.69) is 5.32 Å². The molecule has 0 saturated heterocycles. The highest BCUT2D eigenvalue weighted by atomic mass is 35.5. The van der Waals surface area contributed by atoms with Crippen molar-refractivity contribution in [1.29, 1.82) is 0 Å². The van der Waals surface area contributed by atoms with Crippen molar-refractivity contribution >= 4 is 42.1 Å². The molecule has 3 N–H and O–H groups in total. The van der Waals surface area contributed by atoms with Gasteiger partial charge in [0.2, 0.25) is 0 Å². The molecule has 1 aromatic rings. The zero-order chi connectivity index (χ0) is 12.8. The topological polar surface area (TPSA) is 67.6 Å². The summed E-state index contributed by atoms with van der Waals surface area (Å²) in [6, 6.07) is 7.56. The highest BCUT2D eigenvalue weighted by Crippen LogP contribution is 2.23. The molecule has 5 nitrogen and oxygen atoms in total. The number of benzene rings is 1. The van der Waals surface area contributed by atoms with Crippen molar-refractivity contribution in [3.8, 4) is 0 Å². The number of ether oxygens (including phenoxy) is 1. The summed E-state index contributed by atoms with van der Waals surface area (Å²) in [7, 11) is 5.30. The molecule has 110 valence electrons. The number of methoxy groups -OCH3 is 1. The minimum atomic E-state index is -0.620. The number of carbonyl (C=O) groups excluding carboxylic acids is 1. The van der Waals surface area contributed by atoms with Gasteiger partial charge >= 0.3 is 0 Å². The molecule has 0 bridgehead atoms. The van der Waals surface area contributed by atoms with E-state index >= 15 is 0 Å². The fourth-order valence-electron chi connectivity index (χ4n) is 1.49. The van der Waals surface area contributed by atoms with Crippen LogP contribution in [0.2, 0.25) is 0 Å². The Morgan fingerprint density at radius 2 is 1.95 bits per heavy atom. The van der Waals surface area contributed by atoms with Gasteiger partial charge in [-0.15, -0.1) is 24.8 Å². The number of halogens is 2. The van der Waals surface area contributed by atoms with Crippen LogP contribution >= 0.6 is 24.8 Å². The zero-order valence-corrected chi connectivity index (χ0v) is 12.9. The van der Waals surface area contributed by atoms with E-state index in [0.29, 0.717) is 0 Å². The lowest BCUT2D eigenvalue weighted by Crippen LogP contribution is -2.36. The van der Waals surface area contributed by atoms with E-state index < -0.39 is 6.10 Å². The molecule has 0 aliphatic carbocycles. The van der Waals surface area contributed by atoms with Gasteiger partial charge in [0.05, 0.1) is 11.4 Å². The Labute approximate surface area is 126 Å². The first-order valence-electron chi connectivity index (χ1n) is 5.40. The minimum absolute atomic E-state index is 0. The normalized spacial score (nSPS) is 10.7. The average molecular weight is 310 g/mol. The number of nitrogens with two attached hydrogens (primary N) is 1. The standard InChI is InChI=1S/C12H19N3O2.2ClH/c1-15(2)10-7-5-4-6-9(10)14-12(16)11(8-13)17-3;;/h4-7,11H,8,13H2,1-3H3,(H,14,16);2*1H. The summed E-state index contributed by atoms with van der Waals surface area (Å²) in [5.74, 6) is -0.232. The predicted octanol–water partition coefficient (Wildman–Crippen LogP) is 1.51. The molecule has 1 aromatic carbocycles. The van der Waals surface area contributed by atoms with Crippen molar-refractivity contribution in [3.63, 3.8) is 0 Å². The van der Waals surface area contributed by atoms with E-state index in [1.807, 2.05) is 43.3 Å². The molecular formula is C12H21Cl2N3O2. The number of carbonyl (C=O) groups is 1. The number of amides is 1. The molecule has 0 heterocycles. The summed E-state index contributed by atoms with van der Waals surface area (Å²) < 4.78 is 4.98. The summed E-state index contributed by atoms with van der Waals surface area (Å²) in [6.45, 7) is 0.159. The lowest BCUT2D eigenvalue weighted by atomic mass is 10.2. The average Bonchev–Trinajstić information content (AvgIpc) is 2.31. The number of para-hydroxylation sites is 2. The maximum absolute atomic E-state index is 11.8. The Morgan fingerprint density at radius 1 is 1.37 bits per heavy atom. The Kier molecular flexibility index (Phi) is 10.5. The summed E-state index contributed by atoms with van der Waals surface area (Å²) in [6.07, 6.45) is -0.620. The van der Waals surface area contributed by atoms with E-state index in [-0.39, 0.29) is 37.3 Å². The number of hydrogen-bond acceptors (Lipinski definition) is 4. The molecule has 0 fully saturated rings. The minimum Gasteiger partial charge on any atom is -0.376 e. The second-order valence-corrected chi connectivity index (χ2v) is 3.86. The van der Waals surface area contributed by atoms with Crippen LogP contribution in [0.15, 0.2) is 24.3 Å². The zero-order valence-electron chi connectivity index (χ0n) is 11.3. The largest absolute Gasteiger partial charge is 0.376 e. The second-order valence-electron chi connectivity index (χ2n) is 3.86. The number of nitrogens with zero attached hydrogens (tertiary/aromatic N) is 1. The van der Waals surface area contributed by atoms with Crippen LogP contribution in [0.4, 0.5) is 11.4 Å².